The molecule has 1 aromatic rings. The molecule has 1 aromatic carbocycles. The van der Waals surface area contributed by atoms with E-state index >= 15 is 0 Å². The molecule has 0 unspecified atom stereocenters. The molecule has 0 spiro atoms. The third kappa shape index (κ3) is 2.99. The van der Waals surface area contributed by atoms with Gasteiger partial charge in [-0.15, -0.1) is 0 Å². The standard InChI is InChI=1S/C15H17NO4/c1-2-9-20-15(19)16-13-11-6-4-3-5-10(11)7-8-12(13)14(17)18/h2,7-8H,1,3-6,9H2,(H,16,19)(H,17,18). The fraction of sp³-hybridized carbons (Fsp3) is 0.333. The Bertz CT molecular complexity index is 551. The van der Waals surface area contributed by atoms with Crippen LogP contribution in [0.25, 0.3) is 0 Å². The molecule has 2 rings (SSSR count). The summed E-state index contributed by atoms with van der Waals surface area (Å²) in [5, 5.41) is 11.8. The lowest BCUT2D eigenvalue weighted by Gasteiger charge is -2.21. The molecule has 0 aromatic heterocycles. The lowest BCUT2D eigenvalue weighted by atomic mass is 9.88. The second-order valence-electron chi connectivity index (χ2n) is 4.65. The Kier molecular flexibility index (Phi) is 4.40. The first-order valence-corrected chi connectivity index (χ1v) is 6.56. The smallest absolute Gasteiger partial charge is 0.411 e. The van der Waals surface area contributed by atoms with Gasteiger partial charge in [0.1, 0.15) is 6.61 Å². The van der Waals surface area contributed by atoms with Crippen LogP contribution in [-0.2, 0) is 17.6 Å². The SMILES string of the molecule is C=CCOC(=O)Nc1c(C(=O)O)ccc2c1CCCC2. The number of carbonyl (C=O) groups is 2. The average Bonchev–Trinajstić information content (AvgIpc) is 2.45. The zero-order valence-corrected chi connectivity index (χ0v) is 11.1. The lowest BCUT2D eigenvalue weighted by molar-refractivity contribution is 0.0698. The summed E-state index contributed by atoms with van der Waals surface area (Å²) in [5.41, 5.74) is 2.47. The number of hydrogen-bond donors (Lipinski definition) is 2. The van der Waals surface area contributed by atoms with Gasteiger partial charge in [-0.3, -0.25) is 5.32 Å². The van der Waals surface area contributed by atoms with Crippen LogP contribution in [0.2, 0.25) is 0 Å². The van der Waals surface area contributed by atoms with Gasteiger partial charge in [-0.2, -0.15) is 0 Å². The van der Waals surface area contributed by atoms with Gasteiger partial charge in [0, 0.05) is 0 Å². The fourth-order valence-corrected chi connectivity index (χ4v) is 2.42. The maximum atomic E-state index is 11.7. The van der Waals surface area contributed by atoms with Crippen LogP contribution >= 0.6 is 0 Å². The zero-order valence-electron chi connectivity index (χ0n) is 11.1. The van der Waals surface area contributed by atoms with Crippen molar-refractivity contribution in [2.45, 2.75) is 25.7 Å². The number of hydrogen-bond acceptors (Lipinski definition) is 3. The molecule has 0 fully saturated rings. The largest absolute Gasteiger partial charge is 0.478 e. The van der Waals surface area contributed by atoms with Crippen molar-refractivity contribution in [1.82, 2.24) is 0 Å². The summed E-state index contributed by atoms with van der Waals surface area (Å²) >= 11 is 0. The van der Waals surface area contributed by atoms with Crippen LogP contribution in [0.15, 0.2) is 24.8 Å². The van der Waals surface area contributed by atoms with Gasteiger partial charge >= 0.3 is 12.1 Å². The van der Waals surface area contributed by atoms with Crippen LogP contribution in [0.3, 0.4) is 0 Å². The maximum absolute atomic E-state index is 11.7. The van der Waals surface area contributed by atoms with E-state index in [1.807, 2.05) is 6.07 Å². The third-order valence-electron chi connectivity index (χ3n) is 3.32. The van der Waals surface area contributed by atoms with E-state index in [2.05, 4.69) is 11.9 Å². The Balaban J connectivity index is 2.34. The van der Waals surface area contributed by atoms with E-state index in [0.717, 1.165) is 36.8 Å². The number of amides is 1. The van der Waals surface area contributed by atoms with Crippen molar-refractivity contribution in [3.05, 3.63) is 41.5 Å². The highest BCUT2D eigenvalue weighted by atomic mass is 16.5. The van der Waals surface area contributed by atoms with E-state index in [1.54, 1.807) is 0 Å². The summed E-state index contributed by atoms with van der Waals surface area (Å²) in [6.45, 7) is 3.54. The Morgan fingerprint density at radius 3 is 2.80 bits per heavy atom. The topological polar surface area (TPSA) is 75.6 Å². The number of rotatable bonds is 4. The number of ether oxygens (including phenoxy) is 1. The molecule has 1 aliphatic carbocycles. The molecule has 5 heteroatoms. The number of fused-ring (bicyclic) bond motifs is 1. The van der Waals surface area contributed by atoms with E-state index in [9.17, 15) is 14.7 Å². The minimum atomic E-state index is -1.06. The summed E-state index contributed by atoms with van der Waals surface area (Å²) in [6, 6.07) is 3.37. The molecule has 106 valence electrons. The second kappa shape index (κ2) is 6.23. The Labute approximate surface area is 117 Å². The maximum Gasteiger partial charge on any atom is 0.411 e. The van der Waals surface area contributed by atoms with Gasteiger partial charge in [0.25, 0.3) is 0 Å². The van der Waals surface area contributed by atoms with Gasteiger partial charge in [0.2, 0.25) is 0 Å². The van der Waals surface area contributed by atoms with E-state index in [-0.39, 0.29) is 12.2 Å². The molecule has 0 atom stereocenters. The molecule has 20 heavy (non-hydrogen) atoms. The van der Waals surface area contributed by atoms with Crippen LogP contribution in [0, 0.1) is 0 Å². The monoisotopic (exact) mass is 275 g/mol. The number of aryl methyl sites for hydroxylation is 1. The molecule has 2 N–H and O–H groups in total. The Hall–Kier alpha value is -2.30. The molecule has 5 nitrogen and oxygen atoms in total. The normalized spacial score (nSPS) is 13.2. The minimum Gasteiger partial charge on any atom is -0.478 e. The van der Waals surface area contributed by atoms with Crippen molar-refractivity contribution >= 4 is 17.7 Å². The van der Waals surface area contributed by atoms with Crippen molar-refractivity contribution in [3.63, 3.8) is 0 Å². The molecule has 0 aliphatic heterocycles. The van der Waals surface area contributed by atoms with E-state index in [0.29, 0.717) is 5.69 Å². The van der Waals surface area contributed by atoms with Crippen molar-refractivity contribution < 1.29 is 19.4 Å². The number of carboxylic acids is 1. The zero-order chi connectivity index (χ0) is 14.5. The summed E-state index contributed by atoms with van der Waals surface area (Å²) in [4.78, 5) is 23.0. The fourth-order valence-electron chi connectivity index (χ4n) is 2.42. The molecular formula is C15H17NO4. The Morgan fingerprint density at radius 2 is 2.10 bits per heavy atom. The van der Waals surface area contributed by atoms with Crippen molar-refractivity contribution in [2.24, 2.45) is 0 Å². The van der Waals surface area contributed by atoms with Gasteiger partial charge in [0.05, 0.1) is 11.3 Å². The highest BCUT2D eigenvalue weighted by Crippen LogP contribution is 2.31. The van der Waals surface area contributed by atoms with Crippen LogP contribution in [0.1, 0.15) is 34.3 Å². The minimum absolute atomic E-state index is 0.0866. The van der Waals surface area contributed by atoms with Gasteiger partial charge in [0.15, 0.2) is 0 Å². The number of nitrogens with one attached hydrogen (secondary N) is 1. The highest BCUT2D eigenvalue weighted by Gasteiger charge is 2.21. The summed E-state index contributed by atoms with van der Waals surface area (Å²) < 4.78 is 4.86. The number of benzene rings is 1. The second-order valence-corrected chi connectivity index (χ2v) is 4.65. The van der Waals surface area contributed by atoms with E-state index in [4.69, 9.17) is 4.74 Å². The van der Waals surface area contributed by atoms with Gasteiger partial charge in [-0.05, 0) is 42.9 Å². The van der Waals surface area contributed by atoms with Crippen molar-refractivity contribution in [3.8, 4) is 0 Å². The first kappa shape index (κ1) is 14.1. The number of aromatic carboxylic acids is 1. The lowest BCUT2D eigenvalue weighted by Crippen LogP contribution is -2.19. The van der Waals surface area contributed by atoms with Gasteiger partial charge in [-0.25, -0.2) is 9.59 Å². The van der Waals surface area contributed by atoms with E-state index < -0.39 is 12.1 Å². The van der Waals surface area contributed by atoms with Crippen LogP contribution in [-0.4, -0.2) is 23.8 Å². The predicted octanol–water partition coefficient (Wildman–Crippen LogP) is 3.00. The number of anilines is 1. The van der Waals surface area contributed by atoms with Gasteiger partial charge in [-0.1, -0.05) is 18.7 Å². The van der Waals surface area contributed by atoms with Crippen molar-refractivity contribution in [2.75, 3.05) is 11.9 Å². The van der Waals surface area contributed by atoms with E-state index in [1.165, 1.54) is 12.1 Å². The van der Waals surface area contributed by atoms with Crippen LogP contribution in [0.4, 0.5) is 10.5 Å². The summed E-state index contributed by atoms with van der Waals surface area (Å²) in [5.74, 6) is -1.06. The van der Waals surface area contributed by atoms with Crippen LogP contribution < -0.4 is 5.32 Å². The molecule has 0 radical (unpaired) electrons. The highest BCUT2D eigenvalue weighted by molar-refractivity contribution is 6.00. The average molecular weight is 275 g/mol. The molecular weight excluding hydrogens is 258 g/mol. The van der Waals surface area contributed by atoms with Crippen LogP contribution in [0.5, 0.6) is 0 Å². The molecule has 0 saturated carbocycles. The van der Waals surface area contributed by atoms with Gasteiger partial charge < -0.3 is 9.84 Å². The number of carboxylic acid groups (broad SMARTS) is 1. The quantitative estimate of drug-likeness (QED) is 0.828. The summed E-state index contributed by atoms with van der Waals surface area (Å²) in [6.07, 6.45) is 4.55. The molecule has 0 saturated heterocycles. The molecule has 0 bridgehead atoms. The molecule has 1 aliphatic rings. The third-order valence-corrected chi connectivity index (χ3v) is 3.32. The number of carbonyl (C=O) groups excluding carboxylic acids is 1. The predicted molar refractivity (Wildman–Crippen MR) is 75.2 cm³/mol. The van der Waals surface area contributed by atoms with Crippen molar-refractivity contribution in [1.29, 1.82) is 0 Å². The molecule has 0 heterocycles. The molecule has 1 amide bonds. The first-order chi connectivity index (χ1) is 9.63. The summed E-state index contributed by atoms with van der Waals surface area (Å²) in [7, 11) is 0. The Morgan fingerprint density at radius 1 is 1.35 bits per heavy atom. The first-order valence-electron chi connectivity index (χ1n) is 6.56.